The Bertz CT molecular complexity index is 102. The van der Waals surface area contributed by atoms with Gasteiger partial charge in [0.05, 0.1) is 0 Å². The predicted octanol–water partition coefficient (Wildman–Crippen LogP) is 1.33. The molecule has 72 valence electrons. The lowest BCUT2D eigenvalue weighted by Crippen LogP contribution is -2.26. The molecule has 1 aliphatic rings. The van der Waals surface area contributed by atoms with Crippen molar-refractivity contribution in [1.29, 1.82) is 0 Å². The first-order valence-electron chi connectivity index (χ1n) is 5.29. The maximum atomic E-state index is 3.41. The Kier molecular flexibility index (Phi) is 4.62. The zero-order valence-corrected chi connectivity index (χ0v) is 8.47. The second-order valence-corrected chi connectivity index (χ2v) is 3.67. The molecular weight excluding hydrogens is 148 g/mol. The summed E-state index contributed by atoms with van der Waals surface area (Å²) in [6.45, 7) is 10.7. The third-order valence-electron chi connectivity index (χ3n) is 2.91. The van der Waals surface area contributed by atoms with Crippen molar-refractivity contribution < 1.29 is 0 Å². The Morgan fingerprint density at radius 1 is 1.33 bits per heavy atom. The van der Waals surface area contributed by atoms with E-state index < -0.39 is 0 Å². The summed E-state index contributed by atoms with van der Waals surface area (Å²) in [6.07, 6.45) is 2.77. The largest absolute Gasteiger partial charge is 0.316 e. The molecule has 0 spiro atoms. The topological polar surface area (TPSA) is 15.3 Å². The molecule has 1 aliphatic heterocycles. The van der Waals surface area contributed by atoms with Crippen LogP contribution in [-0.2, 0) is 0 Å². The molecule has 0 aromatic heterocycles. The zero-order valence-electron chi connectivity index (χ0n) is 8.47. The van der Waals surface area contributed by atoms with Crippen molar-refractivity contribution in [2.75, 3.05) is 32.7 Å². The average molecular weight is 170 g/mol. The number of hydrogen-bond acceptors (Lipinski definition) is 2. The van der Waals surface area contributed by atoms with Gasteiger partial charge in [0.1, 0.15) is 0 Å². The highest BCUT2D eigenvalue weighted by molar-refractivity contribution is 4.72. The lowest BCUT2D eigenvalue weighted by atomic mass is 10.1. The molecule has 0 saturated carbocycles. The van der Waals surface area contributed by atoms with Gasteiger partial charge in [-0.1, -0.05) is 13.8 Å². The van der Waals surface area contributed by atoms with Gasteiger partial charge in [0.2, 0.25) is 0 Å². The normalized spacial score (nSPS) is 23.8. The van der Waals surface area contributed by atoms with Crippen molar-refractivity contribution in [3.8, 4) is 0 Å². The Labute approximate surface area is 76.3 Å². The quantitative estimate of drug-likeness (QED) is 0.669. The number of nitrogens with zero attached hydrogens (tertiary/aromatic N) is 1. The van der Waals surface area contributed by atoms with E-state index in [4.69, 9.17) is 0 Å². The van der Waals surface area contributed by atoms with Crippen LogP contribution in [0.15, 0.2) is 0 Å². The minimum atomic E-state index is 0.950. The fourth-order valence-electron chi connectivity index (χ4n) is 1.87. The van der Waals surface area contributed by atoms with Gasteiger partial charge >= 0.3 is 0 Å². The van der Waals surface area contributed by atoms with Crippen molar-refractivity contribution in [2.24, 2.45) is 5.92 Å². The van der Waals surface area contributed by atoms with Crippen molar-refractivity contribution in [3.63, 3.8) is 0 Å². The maximum Gasteiger partial charge on any atom is -0.00158 e. The van der Waals surface area contributed by atoms with Crippen molar-refractivity contribution in [3.05, 3.63) is 0 Å². The lowest BCUT2D eigenvalue weighted by molar-refractivity contribution is 0.279. The first kappa shape index (κ1) is 10.0. The first-order valence-corrected chi connectivity index (χ1v) is 5.29. The van der Waals surface area contributed by atoms with Crippen molar-refractivity contribution in [1.82, 2.24) is 10.2 Å². The fourth-order valence-corrected chi connectivity index (χ4v) is 1.87. The van der Waals surface area contributed by atoms with Gasteiger partial charge in [-0.2, -0.15) is 0 Å². The van der Waals surface area contributed by atoms with Gasteiger partial charge in [-0.05, 0) is 51.5 Å². The lowest BCUT2D eigenvalue weighted by Gasteiger charge is -2.19. The molecule has 1 saturated heterocycles. The van der Waals surface area contributed by atoms with Crippen LogP contribution in [0.5, 0.6) is 0 Å². The van der Waals surface area contributed by atoms with Crippen LogP contribution in [0.4, 0.5) is 0 Å². The van der Waals surface area contributed by atoms with E-state index >= 15 is 0 Å². The van der Waals surface area contributed by atoms with Gasteiger partial charge in [-0.25, -0.2) is 0 Å². The second kappa shape index (κ2) is 5.55. The Hall–Kier alpha value is -0.0800. The fraction of sp³-hybridized carbons (Fsp3) is 1.00. The molecule has 2 nitrogen and oxygen atoms in total. The summed E-state index contributed by atoms with van der Waals surface area (Å²) in [6, 6.07) is 0. The van der Waals surface area contributed by atoms with Gasteiger partial charge in [0.15, 0.2) is 0 Å². The monoisotopic (exact) mass is 170 g/mol. The third kappa shape index (κ3) is 3.11. The van der Waals surface area contributed by atoms with E-state index in [2.05, 4.69) is 24.1 Å². The van der Waals surface area contributed by atoms with E-state index in [1.807, 2.05) is 0 Å². The second-order valence-electron chi connectivity index (χ2n) is 3.67. The van der Waals surface area contributed by atoms with E-state index in [9.17, 15) is 0 Å². The van der Waals surface area contributed by atoms with Crippen molar-refractivity contribution in [2.45, 2.75) is 26.7 Å². The Balaban J connectivity index is 2.06. The van der Waals surface area contributed by atoms with Crippen LogP contribution in [0.25, 0.3) is 0 Å². The summed E-state index contributed by atoms with van der Waals surface area (Å²) < 4.78 is 0. The molecule has 2 heteroatoms. The van der Waals surface area contributed by atoms with Crippen LogP contribution < -0.4 is 5.32 Å². The minimum absolute atomic E-state index is 0.950. The zero-order chi connectivity index (χ0) is 8.81. The SMILES string of the molecule is CCN(CC)CC[C@@H]1CCNC1. The minimum Gasteiger partial charge on any atom is -0.316 e. The van der Waals surface area contributed by atoms with Gasteiger partial charge < -0.3 is 10.2 Å². The molecule has 0 unspecified atom stereocenters. The van der Waals surface area contributed by atoms with Crippen LogP contribution in [0.1, 0.15) is 26.7 Å². The van der Waals surface area contributed by atoms with E-state index in [0.29, 0.717) is 0 Å². The molecule has 1 rings (SSSR count). The summed E-state index contributed by atoms with van der Waals surface area (Å²) in [7, 11) is 0. The highest BCUT2D eigenvalue weighted by Crippen LogP contribution is 2.12. The number of nitrogens with one attached hydrogen (secondary N) is 1. The molecule has 0 bridgehead atoms. The van der Waals surface area contributed by atoms with Gasteiger partial charge in [-0.15, -0.1) is 0 Å². The molecule has 1 N–H and O–H groups in total. The van der Waals surface area contributed by atoms with Crippen LogP contribution in [-0.4, -0.2) is 37.6 Å². The summed E-state index contributed by atoms with van der Waals surface area (Å²) >= 11 is 0. The molecule has 12 heavy (non-hydrogen) atoms. The van der Waals surface area contributed by atoms with Crippen LogP contribution >= 0.6 is 0 Å². The molecule has 1 atom stereocenters. The number of rotatable bonds is 5. The first-order chi connectivity index (χ1) is 5.86. The summed E-state index contributed by atoms with van der Waals surface area (Å²) in [5.41, 5.74) is 0. The van der Waals surface area contributed by atoms with Gasteiger partial charge in [0.25, 0.3) is 0 Å². The smallest absolute Gasteiger partial charge is 0.00158 e. The Morgan fingerprint density at radius 2 is 2.08 bits per heavy atom. The van der Waals surface area contributed by atoms with Crippen LogP contribution in [0, 0.1) is 5.92 Å². The molecular formula is C10H22N2. The van der Waals surface area contributed by atoms with E-state index in [1.165, 1.54) is 45.6 Å². The third-order valence-corrected chi connectivity index (χ3v) is 2.91. The van der Waals surface area contributed by atoms with Crippen LogP contribution in [0.2, 0.25) is 0 Å². The maximum absolute atomic E-state index is 3.41. The molecule has 1 fully saturated rings. The summed E-state index contributed by atoms with van der Waals surface area (Å²) in [4.78, 5) is 2.51. The van der Waals surface area contributed by atoms with E-state index in [1.54, 1.807) is 0 Å². The highest BCUT2D eigenvalue weighted by atomic mass is 15.1. The molecule has 0 aromatic carbocycles. The standard InChI is InChI=1S/C10H22N2/c1-3-12(4-2)8-6-10-5-7-11-9-10/h10-11H,3-9H2,1-2H3/t10-/m0/s1. The van der Waals surface area contributed by atoms with E-state index in [-0.39, 0.29) is 0 Å². The molecule has 1 heterocycles. The molecule has 0 aromatic rings. The molecule has 0 radical (unpaired) electrons. The van der Waals surface area contributed by atoms with Crippen LogP contribution in [0.3, 0.4) is 0 Å². The average Bonchev–Trinajstić information content (AvgIpc) is 2.59. The summed E-state index contributed by atoms with van der Waals surface area (Å²) in [5, 5.41) is 3.41. The predicted molar refractivity (Wildman–Crippen MR) is 53.4 cm³/mol. The number of hydrogen-bond donors (Lipinski definition) is 1. The Morgan fingerprint density at radius 3 is 2.58 bits per heavy atom. The highest BCUT2D eigenvalue weighted by Gasteiger charge is 2.14. The molecule has 0 aliphatic carbocycles. The summed E-state index contributed by atoms with van der Waals surface area (Å²) in [5.74, 6) is 0.950. The van der Waals surface area contributed by atoms with Crippen molar-refractivity contribution >= 4 is 0 Å². The van der Waals surface area contributed by atoms with E-state index in [0.717, 1.165) is 5.92 Å². The molecule has 0 amide bonds. The van der Waals surface area contributed by atoms with Gasteiger partial charge in [0, 0.05) is 0 Å². The van der Waals surface area contributed by atoms with Gasteiger partial charge in [-0.3, -0.25) is 0 Å².